The van der Waals surface area contributed by atoms with Crippen LogP contribution in [-0.2, 0) is 11.2 Å². The number of carbonyl (C=O) groups excluding carboxylic acids is 2. The molecule has 0 spiro atoms. The van der Waals surface area contributed by atoms with Crippen LogP contribution in [0.2, 0.25) is 5.02 Å². The molecule has 2 aromatic carbocycles. The van der Waals surface area contributed by atoms with E-state index in [1.54, 1.807) is 18.2 Å². The van der Waals surface area contributed by atoms with Gasteiger partial charge in [-0.1, -0.05) is 29.8 Å². The van der Waals surface area contributed by atoms with Crippen LogP contribution in [0.5, 0.6) is 0 Å². The molecule has 0 unspecified atom stereocenters. The third kappa shape index (κ3) is 5.27. The molecule has 5 nitrogen and oxygen atoms in total. The summed E-state index contributed by atoms with van der Waals surface area (Å²) in [4.78, 5) is 23.4. The van der Waals surface area contributed by atoms with Gasteiger partial charge in [-0.25, -0.2) is 14.6 Å². The van der Waals surface area contributed by atoms with Crippen LogP contribution < -0.4 is 16.2 Å². The van der Waals surface area contributed by atoms with Crippen molar-refractivity contribution in [2.24, 2.45) is 0 Å². The first-order chi connectivity index (χ1) is 10.9. The number of halogens is 2. The molecule has 23 heavy (non-hydrogen) atoms. The maximum atomic E-state index is 12.8. The second-order valence-electron chi connectivity index (χ2n) is 4.89. The Morgan fingerprint density at radius 2 is 1.78 bits per heavy atom. The molecule has 3 N–H and O–H groups in total. The Labute approximate surface area is 137 Å². The third-order valence-electron chi connectivity index (χ3n) is 3.02. The van der Waals surface area contributed by atoms with E-state index in [4.69, 9.17) is 11.6 Å². The minimum Gasteiger partial charge on any atom is -0.307 e. The molecule has 3 amide bonds. The largest absolute Gasteiger partial charge is 0.337 e. The zero-order valence-electron chi connectivity index (χ0n) is 12.3. The fraction of sp³-hybridized carbons (Fsp3) is 0.125. The minimum atomic E-state index is -0.600. The van der Waals surface area contributed by atoms with Gasteiger partial charge in [0.1, 0.15) is 5.82 Å². The van der Waals surface area contributed by atoms with Crippen molar-refractivity contribution in [2.75, 3.05) is 5.32 Å². The number of benzene rings is 2. The van der Waals surface area contributed by atoms with E-state index in [-0.39, 0.29) is 12.2 Å². The van der Waals surface area contributed by atoms with Crippen molar-refractivity contribution in [3.8, 4) is 0 Å². The molecule has 120 valence electrons. The summed E-state index contributed by atoms with van der Waals surface area (Å²) in [6.07, 6.45) is 0.0247. The Hall–Kier alpha value is -2.60. The first kappa shape index (κ1) is 16.8. The SMILES string of the molecule is Cc1ccc(NC(=O)NNC(=O)Cc2ccc(F)cc2)cc1Cl. The highest BCUT2D eigenvalue weighted by Gasteiger charge is 2.07. The van der Waals surface area contributed by atoms with Crippen LogP contribution in [0.1, 0.15) is 11.1 Å². The Morgan fingerprint density at radius 3 is 2.43 bits per heavy atom. The molecule has 0 saturated heterocycles. The molecule has 0 aliphatic rings. The minimum absolute atomic E-state index is 0.0247. The lowest BCUT2D eigenvalue weighted by atomic mass is 10.1. The molecule has 2 aromatic rings. The summed E-state index contributed by atoms with van der Waals surface area (Å²) < 4.78 is 12.8. The predicted octanol–water partition coefficient (Wildman–Crippen LogP) is 3.18. The molecule has 0 fully saturated rings. The van der Waals surface area contributed by atoms with Crippen LogP contribution in [-0.4, -0.2) is 11.9 Å². The number of anilines is 1. The van der Waals surface area contributed by atoms with Crippen LogP contribution in [0.4, 0.5) is 14.9 Å². The number of hydrazine groups is 1. The van der Waals surface area contributed by atoms with E-state index >= 15 is 0 Å². The average Bonchev–Trinajstić information content (AvgIpc) is 2.51. The molecule has 0 aromatic heterocycles. The predicted molar refractivity (Wildman–Crippen MR) is 86.6 cm³/mol. The van der Waals surface area contributed by atoms with E-state index in [0.29, 0.717) is 16.3 Å². The summed E-state index contributed by atoms with van der Waals surface area (Å²) in [6, 6.07) is 10.0. The van der Waals surface area contributed by atoms with E-state index < -0.39 is 11.9 Å². The quantitative estimate of drug-likeness (QED) is 0.754. The topological polar surface area (TPSA) is 70.2 Å². The Bertz CT molecular complexity index is 720. The number of urea groups is 1. The summed E-state index contributed by atoms with van der Waals surface area (Å²) in [6.45, 7) is 1.85. The van der Waals surface area contributed by atoms with Crippen molar-refractivity contribution in [3.05, 3.63) is 64.4 Å². The molecule has 0 aliphatic carbocycles. The highest BCUT2D eigenvalue weighted by molar-refractivity contribution is 6.31. The van der Waals surface area contributed by atoms with Crippen molar-refractivity contribution in [1.29, 1.82) is 0 Å². The van der Waals surface area contributed by atoms with Gasteiger partial charge < -0.3 is 5.32 Å². The highest BCUT2D eigenvalue weighted by atomic mass is 35.5. The summed E-state index contributed by atoms with van der Waals surface area (Å²) >= 11 is 5.96. The fourth-order valence-corrected chi connectivity index (χ4v) is 1.97. The standard InChI is InChI=1S/C16H15ClFN3O2/c1-10-2-7-13(9-14(10)17)19-16(23)21-20-15(22)8-11-3-5-12(18)6-4-11/h2-7,9H,8H2,1H3,(H,20,22)(H2,19,21,23). The smallest absolute Gasteiger partial charge is 0.307 e. The van der Waals surface area contributed by atoms with Crippen LogP contribution in [0, 0.1) is 12.7 Å². The molecule has 0 atom stereocenters. The Balaban J connectivity index is 1.80. The van der Waals surface area contributed by atoms with E-state index in [1.807, 2.05) is 6.92 Å². The zero-order chi connectivity index (χ0) is 16.8. The number of hydrogen-bond acceptors (Lipinski definition) is 2. The van der Waals surface area contributed by atoms with E-state index in [0.717, 1.165) is 5.56 Å². The Morgan fingerprint density at radius 1 is 1.09 bits per heavy atom. The van der Waals surface area contributed by atoms with Crippen LogP contribution in [0.25, 0.3) is 0 Å². The van der Waals surface area contributed by atoms with Crippen molar-refractivity contribution >= 4 is 29.2 Å². The molecular formula is C16H15ClFN3O2. The van der Waals surface area contributed by atoms with Gasteiger partial charge in [0.05, 0.1) is 6.42 Å². The normalized spacial score (nSPS) is 10.0. The van der Waals surface area contributed by atoms with Gasteiger partial charge in [-0.05, 0) is 42.3 Å². The van der Waals surface area contributed by atoms with Gasteiger partial charge in [0.15, 0.2) is 0 Å². The number of amides is 3. The second-order valence-corrected chi connectivity index (χ2v) is 5.30. The van der Waals surface area contributed by atoms with E-state index in [1.165, 1.54) is 24.3 Å². The monoisotopic (exact) mass is 335 g/mol. The number of nitrogens with one attached hydrogen (secondary N) is 3. The molecule has 0 aliphatic heterocycles. The summed E-state index contributed by atoms with van der Waals surface area (Å²) in [5.41, 5.74) is 6.53. The van der Waals surface area contributed by atoms with Crippen LogP contribution in [0.3, 0.4) is 0 Å². The van der Waals surface area contributed by atoms with Crippen LogP contribution >= 0.6 is 11.6 Å². The highest BCUT2D eigenvalue weighted by Crippen LogP contribution is 2.19. The first-order valence-electron chi connectivity index (χ1n) is 6.80. The maximum absolute atomic E-state index is 12.8. The molecule has 0 bridgehead atoms. The van der Waals surface area contributed by atoms with Gasteiger partial charge in [0.25, 0.3) is 0 Å². The van der Waals surface area contributed by atoms with Gasteiger partial charge >= 0.3 is 6.03 Å². The average molecular weight is 336 g/mol. The van der Waals surface area contributed by atoms with Crippen molar-refractivity contribution in [3.63, 3.8) is 0 Å². The van der Waals surface area contributed by atoms with Crippen molar-refractivity contribution in [1.82, 2.24) is 10.9 Å². The lowest BCUT2D eigenvalue weighted by molar-refractivity contribution is -0.121. The summed E-state index contributed by atoms with van der Waals surface area (Å²) in [5.74, 6) is -0.794. The maximum Gasteiger partial charge on any atom is 0.337 e. The van der Waals surface area contributed by atoms with Gasteiger partial charge in [0, 0.05) is 10.7 Å². The summed E-state index contributed by atoms with van der Waals surface area (Å²) in [7, 11) is 0. The molecular weight excluding hydrogens is 321 g/mol. The van der Waals surface area contributed by atoms with Gasteiger partial charge in [0.2, 0.25) is 5.91 Å². The van der Waals surface area contributed by atoms with Crippen molar-refractivity contribution in [2.45, 2.75) is 13.3 Å². The van der Waals surface area contributed by atoms with E-state index in [9.17, 15) is 14.0 Å². The van der Waals surface area contributed by atoms with Gasteiger partial charge in [-0.2, -0.15) is 0 Å². The Kier molecular flexibility index (Phi) is 5.54. The van der Waals surface area contributed by atoms with Gasteiger partial charge in [-0.15, -0.1) is 0 Å². The van der Waals surface area contributed by atoms with Crippen LogP contribution in [0.15, 0.2) is 42.5 Å². The number of aryl methyl sites for hydroxylation is 1. The molecule has 2 rings (SSSR count). The molecule has 0 heterocycles. The summed E-state index contributed by atoms with van der Waals surface area (Å²) in [5, 5.41) is 3.07. The molecule has 0 saturated carbocycles. The van der Waals surface area contributed by atoms with Crippen molar-refractivity contribution < 1.29 is 14.0 Å². The molecule has 7 heteroatoms. The first-order valence-corrected chi connectivity index (χ1v) is 7.18. The number of rotatable bonds is 3. The third-order valence-corrected chi connectivity index (χ3v) is 3.43. The van der Waals surface area contributed by atoms with E-state index in [2.05, 4.69) is 16.2 Å². The lowest BCUT2D eigenvalue weighted by Gasteiger charge is -2.10. The fourth-order valence-electron chi connectivity index (χ4n) is 1.79. The second kappa shape index (κ2) is 7.60. The zero-order valence-corrected chi connectivity index (χ0v) is 13.1. The number of carbonyl (C=O) groups is 2. The van der Waals surface area contributed by atoms with Gasteiger partial charge in [-0.3, -0.25) is 10.2 Å². The lowest BCUT2D eigenvalue weighted by Crippen LogP contribution is -2.44. The number of hydrogen-bond donors (Lipinski definition) is 3. The molecule has 0 radical (unpaired) electrons.